The van der Waals surface area contributed by atoms with Gasteiger partial charge in [0.15, 0.2) is 0 Å². The second-order valence-corrected chi connectivity index (χ2v) is 4.62. The summed E-state index contributed by atoms with van der Waals surface area (Å²) in [6.07, 6.45) is 9.87. The van der Waals surface area contributed by atoms with E-state index in [2.05, 4.69) is 9.97 Å². The van der Waals surface area contributed by atoms with Gasteiger partial charge in [-0.3, -0.25) is 4.98 Å². The van der Waals surface area contributed by atoms with Crippen LogP contribution in [0.5, 0.6) is 0 Å². The molecule has 2 aromatic rings. The average Bonchev–Trinajstić information content (AvgIpc) is 2.82. The van der Waals surface area contributed by atoms with E-state index in [9.17, 15) is 5.11 Å². The summed E-state index contributed by atoms with van der Waals surface area (Å²) >= 11 is 0. The largest absolute Gasteiger partial charge is 0.383 e. The highest BCUT2D eigenvalue weighted by Gasteiger charge is 2.35. The minimum atomic E-state index is -0.803. The van der Waals surface area contributed by atoms with Crippen LogP contribution in [0.3, 0.4) is 0 Å². The van der Waals surface area contributed by atoms with Crippen molar-refractivity contribution >= 4 is 0 Å². The van der Waals surface area contributed by atoms with Crippen LogP contribution in [0.25, 0.3) is 0 Å². The van der Waals surface area contributed by atoms with Crippen LogP contribution in [0.4, 0.5) is 0 Å². The Hall–Kier alpha value is -1.68. The fraction of sp³-hybridized carbons (Fsp3) is 0.385. The van der Waals surface area contributed by atoms with E-state index in [0.717, 1.165) is 30.5 Å². The second-order valence-electron chi connectivity index (χ2n) is 4.62. The Morgan fingerprint density at radius 1 is 1.41 bits per heavy atom. The average molecular weight is 229 g/mol. The van der Waals surface area contributed by atoms with Crippen LogP contribution in [0.1, 0.15) is 24.1 Å². The number of hydrogen-bond donors (Lipinski definition) is 1. The zero-order valence-corrected chi connectivity index (χ0v) is 9.58. The molecule has 4 nitrogen and oxygen atoms in total. The van der Waals surface area contributed by atoms with E-state index in [-0.39, 0.29) is 0 Å². The van der Waals surface area contributed by atoms with Crippen LogP contribution in [0.2, 0.25) is 0 Å². The summed E-state index contributed by atoms with van der Waals surface area (Å²) in [6.45, 7) is 0.547. The van der Waals surface area contributed by atoms with Gasteiger partial charge in [0.25, 0.3) is 0 Å². The maximum absolute atomic E-state index is 10.8. The topological polar surface area (TPSA) is 50.9 Å². The van der Waals surface area contributed by atoms with Crippen LogP contribution < -0.4 is 0 Å². The van der Waals surface area contributed by atoms with Crippen molar-refractivity contribution in [2.45, 2.75) is 31.4 Å². The highest BCUT2D eigenvalue weighted by atomic mass is 16.3. The molecule has 0 amide bonds. The van der Waals surface area contributed by atoms with Crippen LogP contribution >= 0.6 is 0 Å². The first-order valence-electron chi connectivity index (χ1n) is 5.90. The highest BCUT2D eigenvalue weighted by Crippen LogP contribution is 2.35. The first-order chi connectivity index (χ1) is 8.28. The zero-order chi connectivity index (χ0) is 11.7. The van der Waals surface area contributed by atoms with E-state index in [4.69, 9.17) is 0 Å². The third-order valence-electron chi connectivity index (χ3n) is 3.40. The Kier molecular flexibility index (Phi) is 2.44. The lowest BCUT2D eigenvalue weighted by molar-refractivity contribution is 0.000746. The van der Waals surface area contributed by atoms with Crippen LogP contribution in [-0.4, -0.2) is 19.6 Å². The van der Waals surface area contributed by atoms with Gasteiger partial charge in [-0.1, -0.05) is 6.07 Å². The van der Waals surface area contributed by atoms with Crippen molar-refractivity contribution in [3.05, 3.63) is 48.3 Å². The molecule has 1 N–H and O–H groups in total. The van der Waals surface area contributed by atoms with E-state index in [1.807, 2.05) is 22.9 Å². The molecule has 0 saturated heterocycles. The van der Waals surface area contributed by atoms with Gasteiger partial charge in [0.2, 0.25) is 0 Å². The number of hydrogen-bond acceptors (Lipinski definition) is 3. The third kappa shape index (κ3) is 1.85. The molecule has 0 saturated carbocycles. The standard InChI is InChI=1S/C13H15N3O/c17-13(9-16-8-7-14-10-16)5-1-4-12-11(13)3-2-6-15-12/h2-3,6-8,10,17H,1,4-5,9H2. The number of fused-ring (bicyclic) bond motifs is 1. The van der Waals surface area contributed by atoms with Crippen LogP contribution in [-0.2, 0) is 18.6 Å². The molecule has 0 spiro atoms. The maximum Gasteiger partial charge on any atom is 0.109 e. The van der Waals surface area contributed by atoms with E-state index >= 15 is 0 Å². The number of aryl methyl sites for hydroxylation is 1. The molecular weight excluding hydrogens is 214 g/mol. The van der Waals surface area contributed by atoms with Gasteiger partial charge in [-0.2, -0.15) is 0 Å². The number of aromatic nitrogens is 3. The van der Waals surface area contributed by atoms with Crippen molar-refractivity contribution in [2.75, 3.05) is 0 Å². The fourth-order valence-corrected chi connectivity index (χ4v) is 2.59. The lowest BCUT2D eigenvalue weighted by atomic mass is 9.81. The second kappa shape index (κ2) is 3.96. The summed E-state index contributed by atoms with van der Waals surface area (Å²) in [6, 6.07) is 3.88. The molecule has 0 bridgehead atoms. The first-order valence-corrected chi connectivity index (χ1v) is 5.90. The van der Waals surface area contributed by atoms with Crippen molar-refractivity contribution in [2.24, 2.45) is 0 Å². The van der Waals surface area contributed by atoms with Gasteiger partial charge in [0.05, 0.1) is 12.9 Å². The summed E-state index contributed by atoms with van der Waals surface area (Å²) in [7, 11) is 0. The highest BCUT2D eigenvalue weighted by molar-refractivity contribution is 5.29. The molecule has 3 rings (SSSR count). The predicted octanol–water partition coefficient (Wildman–Crippen LogP) is 1.50. The van der Waals surface area contributed by atoms with Gasteiger partial charge in [-0.05, 0) is 25.3 Å². The summed E-state index contributed by atoms with van der Waals surface area (Å²) in [5.74, 6) is 0. The molecule has 1 unspecified atom stereocenters. The van der Waals surface area contributed by atoms with Gasteiger partial charge in [0.1, 0.15) is 5.60 Å². The van der Waals surface area contributed by atoms with E-state index in [1.54, 1.807) is 18.7 Å². The molecule has 17 heavy (non-hydrogen) atoms. The van der Waals surface area contributed by atoms with E-state index in [0.29, 0.717) is 6.54 Å². The quantitative estimate of drug-likeness (QED) is 0.849. The lowest BCUT2D eigenvalue weighted by Gasteiger charge is -2.34. The van der Waals surface area contributed by atoms with Gasteiger partial charge in [-0.25, -0.2) is 4.98 Å². The molecule has 0 aromatic carbocycles. The van der Waals surface area contributed by atoms with Crippen LogP contribution in [0, 0.1) is 0 Å². The third-order valence-corrected chi connectivity index (χ3v) is 3.40. The summed E-state index contributed by atoms with van der Waals surface area (Å²) < 4.78 is 1.92. The summed E-state index contributed by atoms with van der Waals surface area (Å²) in [5, 5.41) is 10.8. The maximum atomic E-state index is 10.8. The normalized spacial score (nSPS) is 23.4. The number of nitrogens with zero attached hydrogens (tertiary/aromatic N) is 3. The molecule has 2 heterocycles. The molecule has 0 fully saturated rings. The van der Waals surface area contributed by atoms with Gasteiger partial charge >= 0.3 is 0 Å². The van der Waals surface area contributed by atoms with Crippen molar-refractivity contribution in [3.63, 3.8) is 0 Å². The molecule has 88 valence electrons. The Morgan fingerprint density at radius 2 is 2.35 bits per heavy atom. The van der Waals surface area contributed by atoms with Crippen molar-refractivity contribution in [1.82, 2.24) is 14.5 Å². The van der Waals surface area contributed by atoms with Gasteiger partial charge in [0, 0.05) is 29.8 Å². The molecule has 0 aliphatic heterocycles. The number of rotatable bonds is 2. The van der Waals surface area contributed by atoms with Crippen molar-refractivity contribution < 1.29 is 5.11 Å². The number of imidazole rings is 1. The molecule has 4 heteroatoms. The molecule has 0 radical (unpaired) electrons. The smallest absolute Gasteiger partial charge is 0.109 e. The molecule has 1 aliphatic carbocycles. The van der Waals surface area contributed by atoms with Crippen molar-refractivity contribution in [3.8, 4) is 0 Å². The van der Waals surface area contributed by atoms with Crippen LogP contribution in [0.15, 0.2) is 37.1 Å². The molecule has 1 aliphatic rings. The molecular formula is C13H15N3O. The summed E-state index contributed by atoms with van der Waals surface area (Å²) in [4.78, 5) is 8.37. The fourth-order valence-electron chi connectivity index (χ4n) is 2.59. The summed E-state index contributed by atoms with van der Waals surface area (Å²) in [5.41, 5.74) is 1.20. The first kappa shape index (κ1) is 10.5. The lowest BCUT2D eigenvalue weighted by Crippen LogP contribution is -2.35. The minimum absolute atomic E-state index is 0.547. The zero-order valence-electron chi connectivity index (χ0n) is 9.58. The Morgan fingerprint density at radius 3 is 3.18 bits per heavy atom. The Labute approximate surface area is 100.0 Å². The van der Waals surface area contributed by atoms with Gasteiger partial charge < -0.3 is 9.67 Å². The molecule has 2 aromatic heterocycles. The van der Waals surface area contributed by atoms with Gasteiger partial charge in [-0.15, -0.1) is 0 Å². The Balaban J connectivity index is 1.98. The number of aliphatic hydroxyl groups is 1. The Bertz CT molecular complexity index is 509. The minimum Gasteiger partial charge on any atom is -0.383 e. The predicted molar refractivity (Wildman–Crippen MR) is 63.3 cm³/mol. The SMILES string of the molecule is OC1(Cn2ccnc2)CCCc2ncccc21. The monoisotopic (exact) mass is 229 g/mol. The van der Waals surface area contributed by atoms with E-state index in [1.165, 1.54) is 0 Å². The number of pyridine rings is 1. The van der Waals surface area contributed by atoms with Crippen molar-refractivity contribution in [1.29, 1.82) is 0 Å². The molecule has 1 atom stereocenters. The van der Waals surface area contributed by atoms with E-state index < -0.39 is 5.60 Å².